The average Bonchev–Trinajstić information content (AvgIpc) is 2.87. The lowest BCUT2D eigenvalue weighted by Crippen LogP contribution is -2.69. The first kappa shape index (κ1) is 35.0. The quantitative estimate of drug-likeness (QED) is 0.0909. The minimum Gasteiger partial charge on any atom is -0.461 e. The molecular formula is C34H64O4. The third kappa shape index (κ3) is 13.3. The molecule has 0 atom stereocenters. The number of hydrogen-bond donors (Lipinski definition) is 0. The number of carbonyl (C=O) groups is 2. The number of rotatable bonds is 24. The molecule has 1 aliphatic rings. The van der Waals surface area contributed by atoms with E-state index in [1.807, 2.05) is 0 Å². The van der Waals surface area contributed by atoms with Crippen LogP contribution in [0.4, 0.5) is 0 Å². The Morgan fingerprint density at radius 2 is 0.684 bits per heavy atom. The van der Waals surface area contributed by atoms with Crippen LogP contribution < -0.4 is 0 Å². The van der Waals surface area contributed by atoms with E-state index in [1.165, 1.54) is 103 Å². The summed E-state index contributed by atoms with van der Waals surface area (Å²) >= 11 is 0. The maximum Gasteiger partial charge on any atom is 0.306 e. The SMILES string of the molecule is CCCCCCCCCCCCC(=O)OC1C(C)(C)C(OC(=O)CCCCCCCCCCCC)C1(C)C. The van der Waals surface area contributed by atoms with Crippen LogP contribution in [-0.2, 0) is 19.1 Å². The van der Waals surface area contributed by atoms with Gasteiger partial charge in [-0.3, -0.25) is 9.59 Å². The standard InChI is InChI=1S/C34H64O4/c1-7-9-11-13-15-17-19-21-23-25-27-29(35)37-31-33(3,4)32(34(31,5)6)38-30(36)28-26-24-22-20-18-16-14-12-10-8-2/h31-32H,7-28H2,1-6H3. The Morgan fingerprint density at radius 1 is 0.447 bits per heavy atom. The Hall–Kier alpha value is -1.06. The van der Waals surface area contributed by atoms with E-state index in [9.17, 15) is 9.59 Å². The van der Waals surface area contributed by atoms with Crippen LogP contribution in [0.15, 0.2) is 0 Å². The van der Waals surface area contributed by atoms with Gasteiger partial charge in [-0.1, -0.05) is 157 Å². The van der Waals surface area contributed by atoms with Gasteiger partial charge in [0.25, 0.3) is 0 Å². The second-order valence-corrected chi connectivity index (χ2v) is 13.2. The topological polar surface area (TPSA) is 52.6 Å². The lowest BCUT2D eigenvalue weighted by molar-refractivity contribution is -0.268. The molecule has 1 saturated carbocycles. The second-order valence-electron chi connectivity index (χ2n) is 13.2. The fraction of sp³-hybridized carbons (Fsp3) is 0.941. The van der Waals surface area contributed by atoms with Crippen LogP contribution in [0.1, 0.15) is 183 Å². The highest BCUT2D eigenvalue weighted by Gasteiger charge is 2.66. The van der Waals surface area contributed by atoms with E-state index < -0.39 is 0 Å². The Morgan fingerprint density at radius 3 is 0.947 bits per heavy atom. The van der Waals surface area contributed by atoms with Gasteiger partial charge in [-0.05, 0) is 12.8 Å². The van der Waals surface area contributed by atoms with E-state index in [0.717, 1.165) is 25.7 Å². The number of esters is 2. The van der Waals surface area contributed by atoms with Crippen molar-refractivity contribution in [3.63, 3.8) is 0 Å². The Kier molecular flexibility index (Phi) is 18.3. The van der Waals surface area contributed by atoms with Crippen molar-refractivity contribution in [3.05, 3.63) is 0 Å². The van der Waals surface area contributed by atoms with Crippen LogP contribution in [0.3, 0.4) is 0 Å². The van der Waals surface area contributed by atoms with Crippen molar-refractivity contribution in [3.8, 4) is 0 Å². The zero-order valence-corrected chi connectivity index (χ0v) is 26.3. The largest absolute Gasteiger partial charge is 0.461 e. The minimum absolute atomic E-state index is 0.106. The molecule has 224 valence electrons. The van der Waals surface area contributed by atoms with E-state index in [0.29, 0.717) is 12.8 Å². The molecule has 0 unspecified atom stereocenters. The summed E-state index contributed by atoms with van der Waals surface area (Å²) in [5.74, 6) is -0.211. The molecule has 1 fully saturated rings. The smallest absolute Gasteiger partial charge is 0.306 e. The van der Waals surface area contributed by atoms with Gasteiger partial charge in [0.1, 0.15) is 12.2 Å². The summed E-state index contributed by atoms with van der Waals surface area (Å²) in [6.07, 6.45) is 25.6. The Bertz CT molecular complexity index is 558. The number of unbranched alkanes of at least 4 members (excludes halogenated alkanes) is 18. The van der Waals surface area contributed by atoms with Gasteiger partial charge in [0, 0.05) is 23.7 Å². The van der Waals surface area contributed by atoms with Crippen molar-refractivity contribution >= 4 is 11.9 Å². The normalized spacial score (nSPS) is 19.6. The number of ether oxygens (including phenoxy) is 2. The maximum atomic E-state index is 12.6. The fourth-order valence-corrected chi connectivity index (χ4v) is 6.60. The average molecular weight is 537 g/mol. The van der Waals surface area contributed by atoms with Crippen molar-refractivity contribution in [2.24, 2.45) is 10.8 Å². The summed E-state index contributed by atoms with van der Waals surface area (Å²) in [6, 6.07) is 0. The highest BCUT2D eigenvalue weighted by molar-refractivity contribution is 5.71. The highest BCUT2D eigenvalue weighted by Crippen LogP contribution is 2.57. The van der Waals surface area contributed by atoms with Gasteiger partial charge >= 0.3 is 11.9 Å². The molecule has 0 saturated heterocycles. The summed E-state index contributed by atoms with van der Waals surface area (Å²) in [7, 11) is 0. The Balaban J connectivity index is 2.18. The Labute approximate surface area is 236 Å². The van der Waals surface area contributed by atoms with Gasteiger partial charge in [-0.15, -0.1) is 0 Å². The third-order valence-corrected chi connectivity index (χ3v) is 8.67. The molecule has 0 aromatic heterocycles. The van der Waals surface area contributed by atoms with Gasteiger partial charge in [-0.2, -0.15) is 0 Å². The number of hydrogen-bond acceptors (Lipinski definition) is 4. The summed E-state index contributed by atoms with van der Waals surface area (Å²) in [5.41, 5.74) is -0.714. The van der Waals surface area contributed by atoms with E-state index in [1.54, 1.807) is 0 Å². The van der Waals surface area contributed by atoms with E-state index in [2.05, 4.69) is 41.5 Å². The molecule has 4 heteroatoms. The first-order valence-electron chi connectivity index (χ1n) is 16.6. The van der Waals surface area contributed by atoms with Crippen LogP contribution in [0.25, 0.3) is 0 Å². The summed E-state index contributed by atoms with van der Waals surface area (Å²) < 4.78 is 11.9. The van der Waals surface area contributed by atoms with Crippen molar-refractivity contribution in [2.45, 2.75) is 195 Å². The summed E-state index contributed by atoms with van der Waals surface area (Å²) in [6.45, 7) is 12.8. The van der Waals surface area contributed by atoms with E-state index in [-0.39, 0.29) is 35.0 Å². The van der Waals surface area contributed by atoms with Crippen molar-refractivity contribution in [1.29, 1.82) is 0 Å². The summed E-state index contributed by atoms with van der Waals surface area (Å²) in [4.78, 5) is 25.1. The second kappa shape index (κ2) is 19.9. The van der Waals surface area contributed by atoms with Crippen molar-refractivity contribution in [2.75, 3.05) is 0 Å². The molecule has 0 radical (unpaired) electrons. The minimum atomic E-state index is -0.357. The molecule has 1 rings (SSSR count). The van der Waals surface area contributed by atoms with Gasteiger partial charge in [0.2, 0.25) is 0 Å². The zero-order valence-electron chi connectivity index (χ0n) is 26.3. The molecule has 0 heterocycles. The molecule has 0 aromatic carbocycles. The maximum absolute atomic E-state index is 12.6. The first-order valence-corrected chi connectivity index (χ1v) is 16.6. The molecular weight excluding hydrogens is 472 g/mol. The highest BCUT2D eigenvalue weighted by atomic mass is 16.6. The molecule has 0 spiro atoms. The van der Waals surface area contributed by atoms with Crippen LogP contribution in [-0.4, -0.2) is 24.1 Å². The van der Waals surface area contributed by atoms with E-state index >= 15 is 0 Å². The number of carbonyl (C=O) groups excluding carboxylic acids is 2. The molecule has 4 nitrogen and oxygen atoms in total. The lowest BCUT2D eigenvalue weighted by Gasteiger charge is -2.61. The van der Waals surface area contributed by atoms with Gasteiger partial charge < -0.3 is 9.47 Å². The van der Waals surface area contributed by atoms with Crippen LogP contribution in [0.2, 0.25) is 0 Å². The summed E-state index contributed by atoms with van der Waals surface area (Å²) in [5, 5.41) is 0. The lowest BCUT2D eigenvalue weighted by atomic mass is 9.51. The van der Waals surface area contributed by atoms with E-state index in [4.69, 9.17) is 9.47 Å². The van der Waals surface area contributed by atoms with Gasteiger partial charge in [0.15, 0.2) is 0 Å². The molecule has 38 heavy (non-hydrogen) atoms. The van der Waals surface area contributed by atoms with Crippen LogP contribution in [0, 0.1) is 10.8 Å². The van der Waals surface area contributed by atoms with Crippen LogP contribution in [0.5, 0.6) is 0 Å². The van der Waals surface area contributed by atoms with Crippen molar-refractivity contribution < 1.29 is 19.1 Å². The van der Waals surface area contributed by atoms with Gasteiger partial charge in [-0.25, -0.2) is 0 Å². The molecule has 0 amide bonds. The monoisotopic (exact) mass is 536 g/mol. The molecule has 0 bridgehead atoms. The molecule has 0 aromatic rings. The van der Waals surface area contributed by atoms with Crippen molar-refractivity contribution in [1.82, 2.24) is 0 Å². The molecule has 0 aliphatic heterocycles. The van der Waals surface area contributed by atoms with Gasteiger partial charge in [0.05, 0.1) is 0 Å². The molecule has 0 N–H and O–H groups in total. The third-order valence-electron chi connectivity index (χ3n) is 8.67. The predicted octanol–water partition coefficient (Wildman–Crippen LogP) is 10.5. The fourth-order valence-electron chi connectivity index (χ4n) is 6.60. The molecule has 1 aliphatic carbocycles. The first-order chi connectivity index (χ1) is 18.2. The zero-order chi connectivity index (χ0) is 28.3. The van der Waals surface area contributed by atoms with Crippen LogP contribution >= 0.6 is 0 Å². The predicted molar refractivity (Wildman–Crippen MR) is 160 cm³/mol.